The van der Waals surface area contributed by atoms with Gasteiger partial charge >= 0.3 is 0 Å². The number of rotatable bonds is 6. The maximum atomic E-state index is 5.90. The van der Waals surface area contributed by atoms with Gasteiger partial charge in [0.05, 0.1) is 11.6 Å². The molecule has 0 bridgehead atoms. The summed E-state index contributed by atoms with van der Waals surface area (Å²) in [5, 5.41) is 4.05. The predicted octanol–water partition coefficient (Wildman–Crippen LogP) is 2.88. The van der Waals surface area contributed by atoms with E-state index in [0.717, 1.165) is 35.6 Å². The minimum absolute atomic E-state index is 0.754. The lowest BCUT2D eigenvalue weighted by Crippen LogP contribution is -2.21. The zero-order chi connectivity index (χ0) is 11.1. The highest BCUT2D eigenvalue weighted by atomic mass is 79.9. The third kappa shape index (κ3) is 4.98. The Balaban J connectivity index is 2.28. The fraction of sp³-hybridized carbons (Fsp3) is 0.455. The van der Waals surface area contributed by atoms with E-state index in [0.29, 0.717) is 0 Å². The van der Waals surface area contributed by atoms with Crippen molar-refractivity contribution in [2.75, 3.05) is 26.8 Å². The molecule has 0 radical (unpaired) electrons. The molecule has 1 aromatic carbocycles. The summed E-state index contributed by atoms with van der Waals surface area (Å²) in [6.07, 6.45) is 0.999. The fourth-order valence-corrected chi connectivity index (χ4v) is 1.77. The van der Waals surface area contributed by atoms with Gasteiger partial charge in [-0.3, -0.25) is 0 Å². The molecule has 0 aliphatic rings. The van der Waals surface area contributed by atoms with Gasteiger partial charge in [0.1, 0.15) is 0 Å². The van der Waals surface area contributed by atoms with Crippen molar-refractivity contribution in [2.24, 2.45) is 0 Å². The summed E-state index contributed by atoms with van der Waals surface area (Å²) in [5.41, 5.74) is 1.27. The van der Waals surface area contributed by atoms with Crippen LogP contribution in [0.25, 0.3) is 0 Å². The molecule has 0 unspecified atom stereocenters. The Morgan fingerprint density at radius 3 is 2.87 bits per heavy atom. The molecular weight excluding hydrogens is 277 g/mol. The molecule has 0 aromatic heterocycles. The van der Waals surface area contributed by atoms with Gasteiger partial charge in [0.2, 0.25) is 0 Å². The molecule has 0 heterocycles. The van der Waals surface area contributed by atoms with Crippen LogP contribution in [-0.4, -0.2) is 26.8 Å². The summed E-state index contributed by atoms with van der Waals surface area (Å²) in [5.74, 6) is 0. The first kappa shape index (κ1) is 13.0. The maximum Gasteiger partial charge on any atom is 0.0587 e. The van der Waals surface area contributed by atoms with Crippen LogP contribution in [0.5, 0.6) is 0 Å². The molecule has 0 aliphatic heterocycles. The molecule has 0 atom stereocenters. The van der Waals surface area contributed by atoms with Gasteiger partial charge in [-0.25, -0.2) is 0 Å². The number of halogens is 2. The molecule has 4 heteroatoms. The molecule has 84 valence electrons. The van der Waals surface area contributed by atoms with Crippen LogP contribution in [0.1, 0.15) is 5.56 Å². The van der Waals surface area contributed by atoms with Crippen LogP contribution in [0, 0.1) is 0 Å². The van der Waals surface area contributed by atoms with Crippen LogP contribution in [-0.2, 0) is 11.2 Å². The average Bonchev–Trinajstić information content (AvgIpc) is 2.23. The second-order valence-corrected chi connectivity index (χ2v) is 4.50. The van der Waals surface area contributed by atoms with Gasteiger partial charge in [-0.2, -0.15) is 0 Å². The Hall–Kier alpha value is -0.0900. The average molecular weight is 293 g/mol. The van der Waals surface area contributed by atoms with E-state index in [9.17, 15) is 0 Å². The summed E-state index contributed by atoms with van der Waals surface area (Å²) in [4.78, 5) is 0. The lowest BCUT2D eigenvalue weighted by atomic mass is 10.1. The number of benzene rings is 1. The van der Waals surface area contributed by atoms with Crippen LogP contribution in [0.15, 0.2) is 22.7 Å². The lowest BCUT2D eigenvalue weighted by Gasteiger charge is -2.05. The Morgan fingerprint density at radius 1 is 1.40 bits per heavy atom. The molecule has 0 fully saturated rings. The van der Waals surface area contributed by atoms with Gasteiger partial charge in [0.15, 0.2) is 0 Å². The fourth-order valence-electron chi connectivity index (χ4n) is 1.23. The standard InChI is InChI=1S/C11H15BrClNO/c1-15-7-6-14-5-4-9-2-3-11(13)10(12)8-9/h2-3,8,14H,4-7H2,1H3. The lowest BCUT2D eigenvalue weighted by molar-refractivity contribution is 0.199. The highest BCUT2D eigenvalue weighted by Crippen LogP contribution is 2.23. The molecule has 1 rings (SSSR count). The maximum absolute atomic E-state index is 5.90. The van der Waals surface area contributed by atoms with E-state index in [-0.39, 0.29) is 0 Å². The van der Waals surface area contributed by atoms with Crippen LogP contribution >= 0.6 is 27.5 Å². The number of ether oxygens (including phenoxy) is 1. The third-order valence-corrected chi connectivity index (χ3v) is 3.27. The molecule has 0 saturated carbocycles. The van der Waals surface area contributed by atoms with Gasteiger partial charge < -0.3 is 10.1 Å². The van der Waals surface area contributed by atoms with E-state index in [2.05, 4.69) is 27.3 Å². The second kappa shape index (κ2) is 7.23. The van der Waals surface area contributed by atoms with Crippen LogP contribution in [0.4, 0.5) is 0 Å². The summed E-state index contributed by atoms with van der Waals surface area (Å²) in [6.45, 7) is 2.60. The molecule has 0 spiro atoms. The zero-order valence-corrected chi connectivity index (χ0v) is 11.1. The quantitative estimate of drug-likeness (QED) is 0.814. The Kier molecular flexibility index (Phi) is 6.25. The molecule has 1 N–H and O–H groups in total. The zero-order valence-electron chi connectivity index (χ0n) is 8.72. The van der Waals surface area contributed by atoms with Crippen molar-refractivity contribution in [3.8, 4) is 0 Å². The SMILES string of the molecule is COCCNCCc1ccc(Cl)c(Br)c1. The van der Waals surface area contributed by atoms with E-state index < -0.39 is 0 Å². The normalized spacial score (nSPS) is 10.6. The Labute approximate surface area is 104 Å². The first-order valence-corrected chi connectivity index (χ1v) is 6.04. The van der Waals surface area contributed by atoms with Crippen molar-refractivity contribution >= 4 is 27.5 Å². The van der Waals surface area contributed by atoms with Crippen LogP contribution in [0.3, 0.4) is 0 Å². The first-order chi connectivity index (χ1) is 7.24. The summed E-state index contributed by atoms with van der Waals surface area (Å²) in [6, 6.07) is 6.02. The van der Waals surface area contributed by atoms with E-state index in [4.69, 9.17) is 16.3 Å². The topological polar surface area (TPSA) is 21.3 Å². The first-order valence-electron chi connectivity index (χ1n) is 4.87. The van der Waals surface area contributed by atoms with Crippen molar-refractivity contribution in [3.05, 3.63) is 33.3 Å². The molecule has 0 aliphatic carbocycles. The van der Waals surface area contributed by atoms with Crippen molar-refractivity contribution in [1.29, 1.82) is 0 Å². The monoisotopic (exact) mass is 291 g/mol. The Morgan fingerprint density at radius 2 is 2.20 bits per heavy atom. The summed E-state index contributed by atoms with van der Waals surface area (Å²) >= 11 is 9.31. The third-order valence-electron chi connectivity index (χ3n) is 2.06. The van der Waals surface area contributed by atoms with Crippen molar-refractivity contribution < 1.29 is 4.74 Å². The molecular formula is C11H15BrClNO. The smallest absolute Gasteiger partial charge is 0.0587 e. The van der Waals surface area contributed by atoms with Crippen molar-refractivity contribution in [3.63, 3.8) is 0 Å². The number of methoxy groups -OCH3 is 1. The van der Waals surface area contributed by atoms with Gasteiger partial charge in [-0.15, -0.1) is 0 Å². The molecule has 0 saturated heterocycles. The molecule has 1 aromatic rings. The minimum atomic E-state index is 0.754. The largest absolute Gasteiger partial charge is 0.383 e. The van der Waals surface area contributed by atoms with Crippen molar-refractivity contribution in [1.82, 2.24) is 5.32 Å². The number of hydrogen-bond acceptors (Lipinski definition) is 2. The molecule has 0 amide bonds. The Bertz CT molecular complexity index is 307. The van der Waals surface area contributed by atoms with E-state index in [1.165, 1.54) is 5.56 Å². The number of nitrogens with one attached hydrogen (secondary N) is 1. The van der Waals surface area contributed by atoms with Gasteiger partial charge in [0, 0.05) is 18.1 Å². The van der Waals surface area contributed by atoms with Gasteiger partial charge in [-0.05, 0) is 46.6 Å². The van der Waals surface area contributed by atoms with E-state index in [1.807, 2.05) is 12.1 Å². The summed E-state index contributed by atoms with van der Waals surface area (Å²) in [7, 11) is 1.71. The molecule has 2 nitrogen and oxygen atoms in total. The van der Waals surface area contributed by atoms with E-state index in [1.54, 1.807) is 7.11 Å². The highest BCUT2D eigenvalue weighted by Gasteiger charge is 1.98. The minimum Gasteiger partial charge on any atom is -0.383 e. The van der Waals surface area contributed by atoms with Crippen LogP contribution in [0.2, 0.25) is 5.02 Å². The van der Waals surface area contributed by atoms with E-state index >= 15 is 0 Å². The van der Waals surface area contributed by atoms with Crippen LogP contribution < -0.4 is 5.32 Å². The molecule has 15 heavy (non-hydrogen) atoms. The second-order valence-electron chi connectivity index (χ2n) is 3.24. The van der Waals surface area contributed by atoms with Gasteiger partial charge in [0.25, 0.3) is 0 Å². The number of hydrogen-bond donors (Lipinski definition) is 1. The predicted molar refractivity (Wildman–Crippen MR) is 67.6 cm³/mol. The van der Waals surface area contributed by atoms with Crippen molar-refractivity contribution in [2.45, 2.75) is 6.42 Å². The van der Waals surface area contributed by atoms with Gasteiger partial charge in [-0.1, -0.05) is 17.7 Å². The highest BCUT2D eigenvalue weighted by molar-refractivity contribution is 9.10. The summed E-state index contributed by atoms with van der Waals surface area (Å²) < 4.78 is 5.90.